The van der Waals surface area contributed by atoms with Crippen molar-refractivity contribution in [2.24, 2.45) is 0 Å². The van der Waals surface area contributed by atoms with Crippen molar-refractivity contribution in [3.05, 3.63) is 82.3 Å². The molecule has 0 saturated carbocycles. The molecule has 3 heterocycles. The highest BCUT2D eigenvalue weighted by molar-refractivity contribution is 5.98. The predicted molar refractivity (Wildman–Crippen MR) is 131 cm³/mol. The number of phenols is 1. The average Bonchev–Trinajstić information content (AvgIpc) is 3.53. The highest BCUT2D eigenvalue weighted by atomic mass is 19.1. The van der Waals surface area contributed by atoms with Crippen LogP contribution < -0.4 is 23.8 Å². The van der Waals surface area contributed by atoms with E-state index in [1.54, 1.807) is 24.3 Å². The molecular weight excluding hydrogens is 481 g/mol. The number of halogens is 1. The maximum absolute atomic E-state index is 13.4. The number of fused-ring (bicyclic) bond motifs is 2. The Balaban J connectivity index is 1.51. The summed E-state index contributed by atoms with van der Waals surface area (Å²) in [6.07, 6.45) is 0.616. The van der Waals surface area contributed by atoms with Crippen LogP contribution in [0.3, 0.4) is 0 Å². The highest BCUT2D eigenvalue weighted by Gasteiger charge is 2.43. The summed E-state index contributed by atoms with van der Waals surface area (Å²) in [5.41, 5.74) is 4.56. The molecule has 190 valence electrons. The van der Waals surface area contributed by atoms with Gasteiger partial charge in [0, 0.05) is 24.2 Å². The van der Waals surface area contributed by atoms with Gasteiger partial charge in [0.05, 0.1) is 25.5 Å². The molecule has 0 spiro atoms. The summed E-state index contributed by atoms with van der Waals surface area (Å²) in [6, 6.07) is 13.6. The highest BCUT2D eigenvalue weighted by Crippen LogP contribution is 2.53. The zero-order valence-electron chi connectivity index (χ0n) is 20.2. The molecule has 0 aliphatic carbocycles. The summed E-state index contributed by atoms with van der Waals surface area (Å²) < 4.78 is 41.1. The van der Waals surface area contributed by atoms with Crippen LogP contribution in [-0.2, 0) is 16.0 Å². The molecule has 0 saturated heterocycles. The Morgan fingerprint density at radius 3 is 2.35 bits per heavy atom. The zero-order valence-corrected chi connectivity index (χ0v) is 20.2. The molecule has 9 heteroatoms. The number of anilines is 1. The molecule has 8 nitrogen and oxygen atoms in total. The van der Waals surface area contributed by atoms with E-state index in [2.05, 4.69) is 4.90 Å². The van der Waals surface area contributed by atoms with Gasteiger partial charge in [-0.2, -0.15) is 0 Å². The number of ether oxygens (including phenoxy) is 5. The summed E-state index contributed by atoms with van der Waals surface area (Å²) in [6.45, 7) is 0.755. The molecule has 37 heavy (non-hydrogen) atoms. The van der Waals surface area contributed by atoms with Crippen molar-refractivity contribution in [1.29, 1.82) is 0 Å². The van der Waals surface area contributed by atoms with Crippen molar-refractivity contribution in [2.45, 2.75) is 12.3 Å². The number of cyclic esters (lactones) is 1. The van der Waals surface area contributed by atoms with Crippen LogP contribution in [0.15, 0.2) is 59.8 Å². The Labute approximate surface area is 212 Å². The van der Waals surface area contributed by atoms with E-state index in [1.807, 2.05) is 12.1 Å². The first-order chi connectivity index (χ1) is 18.0. The maximum atomic E-state index is 13.4. The van der Waals surface area contributed by atoms with Crippen LogP contribution in [0.4, 0.5) is 10.1 Å². The molecule has 0 bridgehead atoms. The molecule has 3 aliphatic rings. The van der Waals surface area contributed by atoms with E-state index in [-0.39, 0.29) is 36.5 Å². The van der Waals surface area contributed by atoms with Crippen molar-refractivity contribution < 1.29 is 38.0 Å². The molecule has 1 N–H and O–H groups in total. The second-order valence-corrected chi connectivity index (χ2v) is 8.94. The van der Waals surface area contributed by atoms with Crippen LogP contribution in [0.25, 0.3) is 0 Å². The second kappa shape index (κ2) is 8.92. The largest absolute Gasteiger partial charge is 0.502 e. The summed E-state index contributed by atoms with van der Waals surface area (Å²) in [5.74, 6) is 0.283. The van der Waals surface area contributed by atoms with Gasteiger partial charge in [-0.1, -0.05) is 12.1 Å². The smallest absolute Gasteiger partial charge is 0.337 e. The molecule has 3 aromatic rings. The van der Waals surface area contributed by atoms with Gasteiger partial charge in [-0.15, -0.1) is 0 Å². The SMILES string of the molecule is COc1cc(C2C3=C(COC3=O)N(CCc3ccc(F)cc3)c3cc4c(cc32)OCO4)cc(OC)c1O. The fourth-order valence-corrected chi connectivity index (χ4v) is 5.20. The number of phenolic OH excluding ortho intramolecular Hbond substituents is 1. The van der Waals surface area contributed by atoms with Crippen LogP contribution in [0.5, 0.6) is 28.7 Å². The van der Waals surface area contributed by atoms with E-state index in [0.717, 1.165) is 22.5 Å². The molecule has 0 amide bonds. The Bertz CT molecular complexity index is 1410. The van der Waals surface area contributed by atoms with E-state index in [9.17, 15) is 14.3 Å². The number of hydrogen-bond donors (Lipinski definition) is 1. The lowest BCUT2D eigenvalue weighted by molar-refractivity contribution is -0.136. The van der Waals surface area contributed by atoms with E-state index < -0.39 is 11.9 Å². The number of benzene rings is 3. The van der Waals surface area contributed by atoms with E-state index in [1.165, 1.54) is 26.4 Å². The number of esters is 1. The zero-order chi connectivity index (χ0) is 25.7. The normalized spacial score (nSPS) is 17.4. The number of methoxy groups -OCH3 is 2. The third-order valence-electron chi connectivity index (χ3n) is 6.98. The minimum absolute atomic E-state index is 0.106. The van der Waals surface area contributed by atoms with Gasteiger partial charge in [-0.05, 0) is 53.4 Å². The van der Waals surface area contributed by atoms with Gasteiger partial charge in [0.1, 0.15) is 12.4 Å². The maximum Gasteiger partial charge on any atom is 0.337 e. The standard InChI is InChI=1S/C28H24FNO7/c1-33-23-9-16(10-24(34-2)27(23)31)25-18-11-21-22(37-14-36-21)12-19(18)30(20-13-35-28(32)26(20)25)8-7-15-3-5-17(29)6-4-15/h3-6,9-12,25,31H,7-8,13-14H2,1-2H3. The van der Waals surface area contributed by atoms with Crippen molar-refractivity contribution in [3.8, 4) is 28.7 Å². The number of hydrogen-bond acceptors (Lipinski definition) is 8. The number of nitrogens with zero attached hydrogens (tertiary/aromatic N) is 1. The molecule has 1 unspecified atom stereocenters. The summed E-state index contributed by atoms with van der Waals surface area (Å²) in [7, 11) is 2.91. The van der Waals surface area contributed by atoms with Gasteiger partial charge in [0.15, 0.2) is 23.0 Å². The lowest BCUT2D eigenvalue weighted by Gasteiger charge is -2.36. The number of carbonyl (C=O) groups excluding carboxylic acids is 1. The van der Waals surface area contributed by atoms with E-state index >= 15 is 0 Å². The van der Waals surface area contributed by atoms with Crippen LogP contribution in [-0.4, -0.2) is 45.2 Å². The Hall–Kier alpha value is -4.40. The van der Waals surface area contributed by atoms with E-state index in [0.29, 0.717) is 35.6 Å². The molecule has 0 fully saturated rings. The Morgan fingerprint density at radius 1 is 1.00 bits per heavy atom. The summed E-state index contributed by atoms with van der Waals surface area (Å²) >= 11 is 0. The first kappa shape index (κ1) is 23.0. The first-order valence-electron chi connectivity index (χ1n) is 11.8. The average molecular weight is 505 g/mol. The number of aromatic hydroxyl groups is 1. The predicted octanol–water partition coefficient (Wildman–Crippen LogP) is 4.28. The molecule has 1 atom stereocenters. The van der Waals surface area contributed by atoms with Crippen LogP contribution in [0, 0.1) is 5.82 Å². The first-order valence-corrected chi connectivity index (χ1v) is 11.8. The third kappa shape index (κ3) is 3.78. The molecule has 3 aromatic carbocycles. The van der Waals surface area contributed by atoms with Gasteiger partial charge >= 0.3 is 5.97 Å². The second-order valence-electron chi connectivity index (χ2n) is 8.94. The lowest BCUT2D eigenvalue weighted by atomic mass is 9.80. The van der Waals surface area contributed by atoms with Gasteiger partial charge in [0.25, 0.3) is 0 Å². The van der Waals surface area contributed by atoms with Gasteiger partial charge in [0.2, 0.25) is 12.5 Å². The number of carbonyl (C=O) groups is 1. The van der Waals surface area contributed by atoms with Crippen molar-refractivity contribution in [3.63, 3.8) is 0 Å². The minimum atomic E-state index is -0.528. The topological polar surface area (TPSA) is 86.7 Å². The van der Waals surface area contributed by atoms with Crippen LogP contribution in [0.1, 0.15) is 22.6 Å². The van der Waals surface area contributed by atoms with E-state index in [4.69, 9.17) is 23.7 Å². The molecule has 6 rings (SSSR count). The molecule has 0 radical (unpaired) electrons. The quantitative estimate of drug-likeness (QED) is 0.497. The molecular formula is C28H24FNO7. The Morgan fingerprint density at radius 2 is 1.68 bits per heavy atom. The van der Waals surface area contributed by atoms with Gasteiger partial charge in [-0.3, -0.25) is 0 Å². The van der Waals surface area contributed by atoms with Crippen molar-refractivity contribution in [2.75, 3.05) is 39.1 Å². The van der Waals surface area contributed by atoms with Crippen molar-refractivity contribution in [1.82, 2.24) is 0 Å². The minimum Gasteiger partial charge on any atom is -0.502 e. The van der Waals surface area contributed by atoms with Crippen LogP contribution in [0.2, 0.25) is 0 Å². The number of rotatable bonds is 6. The summed E-state index contributed by atoms with van der Waals surface area (Å²) in [5, 5.41) is 10.5. The van der Waals surface area contributed by atoms with Gasteiger partial charge < -0.3 is 33.7 Å². The van der Waals surface area contributed by atoms with Crippen molar-refractivity contribution >= 4 is 11.7 Å². The lowest BCUT2D eigenvalue weighted by Crippen LogP contribution is -2.32. The summed E-state index contributed by atoms with van der Waals surface area (Å²) in [4.78, 5) is 15.2. The third-order valence-corrected chi connectivity index (χ3v) is 6.98. The fourth-order valence-electron chi connectivity index (χ4n) is 5.20. The fraction of sp³-hybridized carbons (Fsp3) is 0.250. The molecule has 3 aliphatic heterocycles. The monoisotopic (exact) mass is 505 g/mol. The van der Waals surface area contributed by atoms with Crippen LogP contribution >= 0.6 is 0 Å². The molecule has 0 aromatic heterocycles. The Kier molecular flexibility index (Phi) is 5.55. The van der Waals surface area contributed by atoms with Gasteiger partial charge in [-0.25, -0.2) is 9.18 Å².